The third kappa shape index (κ3) is 3.42. The van der Waals surface area contributed by atoms with Crippen molar-refractivity contribution < 1.29 is 14.6 Å². The second kappa shape index (κ2) is 5.00. The van der Waals surface area contributed by atoms with E-state index in [2.05, 4.69) is 0 Å². The molecule has 0 aliphatic carbocycles. The van der Waals surface area contributed by atoms with Crippen molar-refractivity contribution in [3.05, 3.63) is 28.8 Å². The molecule has 0 radical (unpaired) electrons. The predicted octanol–water partition coefficient (Wildman–Crippen LogP) is 1.26. The Kier molecular flexibility index (Phi) is 3.94. The van der Waals surface area contributed by atoms with Crippen molar-refractivity contribution in [1.29, 1.82) is 0 Å². The molecule has 0 spiro atoms. The fourth-order valence-corrected chi connectivity index (χ4v) is 1.31. The molecule has 15 heavy (non-hydrogen) atoms. The second-order valence-corrected chi connectivity index (χ2v) is 3.55. The van der Waals surface area contributed by atoms with Gasteiger partial charge in [0.2, 0.25) is 0 Å². The SMILES string of the molecule is C[C@@H](O)c1cc(Cl)ccc1OCC(N)=O. The number of carbonyl (C=O) groups is 1. The van der Waals surface area contributed by atoms with Gasteiger partial charge in [0.15, 0.2) is 6.61 Å². The Morgan fingerprint density at radius 3 is 2.87 bits per heavy atom. The number of rotatable bonds is 4. The maximum Gasteiger partial charge on any atom is 0.255 e. The van der Waals surface area contributed by atoms with Crippen LogP contribution in [0, 0.1) is 0 Å². The molecule has 0 heterocycles. The topological polar surface area (TPSA) is 72.6 Å². The largest absolute Gasteiger partial charge is 0.483 e. The molecule has 1 atom stereocenters. The van der Waals surface area contributed by atoms with Gasteiger partial charge < -0.3 is 15.6 Å². The first-order valence-electron chi connectivity index (χ1n) is 4.39. The van der Waals surface area contributed by atoms with E-state index < -0.39 is 12.0 Å². The zero-order valence-corrected chi connectivity index (χ0v) is 8.99. The van der Waals surface area contributed by atoms with Crippen LogP contribution in [0.25, 0.3) is 0 Å². The zero-order chi connectivity index (χ0) is 11.4. The summed E-state index contributed by atoms with van der Waals surface area (Å²) in [6.45, 7) is 1.37. The number of halogens is 1. The van der Waals surface area contributed by atoms with E-state index in [0.717, 1.165) is 0 Å². The van der Waals surface area contributed by atoms with Gasteiger partial charge in [-0.15, -0.1) is 0 Å². The third-order valence-electron chi connectivity index (χ3n) is 1.79. The highest BCUT2D eigenvalue weighted by Crippen LogP contribution is 2.28. The quantitative estimate of drug-likeness (QED) is 0.816. The number of nitrogens with two attached hydrogens (primary N) is 1. The number of carbonyl (C=O) groups excluding carboxylic acids is 1. The van der Waals surface area contributed by atoms with Crippen LogP contribution in [0.1, 0.15) is 18.6 Å². The first-order chi connectivity index (χ1) is 7.00. The number of hydrogen-bond acceptors (Lipinski definition) is 3. The minimum Gasteiger partial charge on any atom is -0.483 e. The minimum atomic E-state index is -0.716. The summed E-state index contributed by atoms with van der Waals surface area (Å²) in [6.07, 6.45) is -0.716. The van der Waals surface area contributed by atoms with E-state index in [4.69, 9.17) is 22.1 Å². The number of hydrogen-bond donors (Lipinski definition) is 2. The van der Waals surface area contributed by atoms with Crippen LogP contribution in [0.2, 0.25) is 5.02 Å². The molecule has 0 aromatic heterocycles. The average Bonchev–Trinajstić information content (AvgIpc) is 2.15. The lowest BCUT2D eigenvalue weighted by Gasteiger charge is -2.12. The van der Waals surface area contributed by atoms with Gasteiger partial charge in [-0.3, -0.25) is 4.79 Å². The summed E-state index contributed by atoms with van der Waals surface area (Å²) in [5.74, 6) is -0.158. The highest BCUT2D eigenvalue weighted by atomic mass is 35.5. The number of aliphatic hydroxyl groups excluding tert-OH is 1. The van der Waals surface area contributed by atoms with Crippen molar-refractivity contribution in [2.75, 3.05) is 6.61 Å². The van der Waals surface area contributed by atoms with E-state index in [1.165, 1.54) is 0 Å². The molecule has 0 saturated heterocycles. The number of ether oxygens (including phenoxy) is 1. The molecule has 4 nitrogen and oxygen atoms in total. The monoisotopic (exact) mass is 229 g/mol. The molecule has 3 N–H and O–H groups in total. The second-order valence-electron chi connectivity index (χ2n) is 3.11. The Morgan fingerprint density at radius 2 is 2.33 bits per heavy atom. The molecule has 0 aliphatic heterocycles. The van der Waals surface area contributed by atoms with E-state index in [0.29, 0.717) is 16.3 Å². The maximum absolute atomic E-state index is 10.5. The van der Waals surface area contributed by atoms with Crippen molar-refractivity contribution in [1.82, 2.24) is 0 Å². The molecule has 5 heteroatoms. The lowest BCUT2D eigenvalue weighted by Crippen LogP contribution is -2.20. The highest BCUT2D eigenvalue weighted by molar-refractivity contribution is 6.30. The Morgan fingerprint density at radius 1 is 1.67 bits per heavy atom. The standard InChI is InChI=1S/C10H12ClNO3/c1-6(13)8-4-7(11)2-3-9(8)15-5-10(12)14/h2-4,6,13H,5H2,1H3,(H2,12,14)/t6-/m1/s1. The van der Waals surface area contributed by atoms with Gasteiger partial charge in [0.1, 0.15) is 5.75 Å². The molecular weight excluding hydrogens is 218 g/mol. The molecule has 82 valence electrons. The lowest BCUT2D eigenvalue weighted by molar-refractivity contribution is -0.119. The van der Waals surface area contributed by atoms with Crippen molar-refractivity contribution in [3.8, 4) is 5.75 Å². The average molecular weight is 230 g/mol. The molecular formula is C10H12ClNO3. The van der Waals surface area contributed by atoms with Crippen molar-refractivity contribution in [2.24, 2.45) is 5.73 Å². The normalized spacial score (nSPS) is 12.2. The van der Waals surface area contributed by atoms with Gasteiger partial charge in [-0.2, -0.15) is 0 Å². The number of aliphatic hydroxyl groups is 1. The van der Waals surface area contributed by atoms with Gasteiger partial charge in [0.25, 0.3) is 5.91 Å². The first-order valence-corrected chi connectivity index (χ1v) is 4.77. The summed E-state index contributed by atoms with van der Waals surface area (Å²) in [7, 11) is 0. The Bertz CT molecular complexity index is 366. The number of amides is 1. The molecule has 0 saturated carbocycles. The first kappa shape index (κ1) is 11.8. The summed E-state index contributed by atoms with van der Waals surface area (Å²) in [6, 6.07) is 4.79. The summed E-state index contributed by atoms with van der Waals surface area (Å²) in [4.78, 5) is 10.5. The Labute approximate surface area is 92.6 Å². The van der Waals surface area contributed by atoms with Crippen LogP contribution in [-0.2, 0) is 4.79 Å². The smallest absolute Gasteiger partial charge is 0.255 e. The molecule has 0 fully saturated rings. The molecule has 1 amide bonds. The Balaban J connectivity index is 2.90. The van der Waals surface area contributed by atoms with Gasteiger partial charge in [-0.1, -0.05) is 11.6 Å². The van der Waals surface area contributed by atoms with Crippen molar-refractivity contribution >= 4 is 17.5 Å². The summed E-state index contributed by atoms with van der Waals surface area (Å²) >= 11 is 5.77. The fraction of sp³-hybridized carbons (Fsp3) is 0.300. The van der Waals surface area contributed by atoms with Crippen LogP contribution >= 0.6 is 11.6 Å². The fourth-order valence-electron chi connectivity index (χ4n) is 1.13. The molecule has 1 aromatic rings. The van der Waals surface area contributed by atoms with Crippen molar-refractivity contribution in [3.63, 3.8) is 0 Å². The zero-order valence-electron chi connectivity index (χ0n) is 8.24. The summed E-state index contributed by atoms with van der Waals surface area (Å²) in [5.41, 5.74) is 5.48. The minimum absolute atomic E-state index is 0.221. The number of benzene rings is 1. The van der Waals surface area contributed by atoms with Gasteiger partial charge in [-0.25, -0.2) is 0 Å². The summed E-state index contributed by atoms with van der Waals surface area (Å²) < 4.78 is 5.12. The summed E-state index contributed by atoms with van der Waals surface area (Å²) in [5, 5.41) is 9.94. The van der Waals surface area contributed by atoms with Crippen LogP contribution in [0.3, 0.4) is 0 Å². The molecule has 1 aromatic carbocycles. The van der Waals surface area contributed by atoms with Crippen LogP contribution in [0.5, 0.6) is 5.75 Å². The maximum atomic E-state index is 10.5. The van der Waals surface area contributed by atoms with Crippen LogP contribution in [-0.4, -0.2) is 17.6 Å². The van der Waals surface area contributed by atoms with E-state index in [1.807, 2.05) is 0 Å². The third-order valence-corrected chi connectivity index (χ3v) is 2.03. The number of primary amides is 1. The van der Waals surface area contributed by atoms with Gasteiger partial charge in [-0.05, 0) is 25.1 Å². The van der Waals surface area contributed by atoms with Crippen LogP contribution < -0.4 is 10.5 Å². The molecule has 0 aliphatic rings. The van der Waals surface area contributed by atoms with Crippen LogP contribution in [0.4, 0.5) is 0 Å². The van der Waals surface area contributed by atoms with Gasteiger partial charge in [0.05, 0.1) is 6.10 Å². The van der Waals surface area contributed by atoms with E-state index in [1.54, 1.807) is 25.1 Å². The van der Waals surface area contributed by atoms with Crippen molar-refractivity contribution in [2.45, 2.75) is 13.0 Å². The van der Waals surface area contributed by atoms with Gasteiger partial charge in [0, 0.05) is 10.6 Å². The molecule has 1 rings (SSSR count). The van der Waals surface area contributed by atoms with E-state index in [-0.39, 0.29) is 6.61 Å². The molecule has 0 bridgehead atoms. The lowest BCUT2D eigenvalue weighted by atomic mass is 10.1. The van der Waals surface area contributed by atoms with Gasteiger partial charge >= 0.3 is 0 Å². The highest BCUT2D eigenvalue weighted by Gasteiger charge is 2.10. The Hall–Kier alpha value is -1.26. The van der Waals surface area contributed by atoms with Crippen LogP contribution in [0.15, 0.2) is 18.2 Å². The van der Waals surface area contributed by atoms with E-state index in [9.17, 15) is 9.90 Å². The predicted molar refractivity (Wildman–Crippen MR) is 56.8 cm³/mol. The molecule has 0 unspecified atom stereocenters. The van der Waals surface area contributed by atoms with E-state index >= 15 is 0 Å².